The molecule has 1 unspecified atom stereocenters. The molecule has 0 aliphatic heterocycles. The molecule has 17 heavy (non-hydrogen) atoms. The van der Waals surface area contributed by atoms with Gasteiger partial charge in [-0.05, 0) is 25.8 Å². The molecule has 0 aromatic carbocycles. The van der Waals surface area contributed by atoms with Crippen molar-refractivity contribution in [1.82, 2.24) is 14.9 Å². The summed E-state index contributed by atoms with van der Waals surface area (Å²) in [5.74, 6) is -0.0934. The molecule has 1 amide bonds. The summed E-state index contributed by atoms with van der Waals surface area (Å²) in [6.07, 6.45) is 7.68. The highest BCUT2D eigenvalue weighted by molar-refractivity contribution is 5.81. The van der Waals surface area contributed by atoms with Crippen LogP contribution in [0.3, 0.4) is 0 Å². The van der Waals surface area contributed by atoms with E-state index in [2.05, 4.69) is 10.3 Å². The lowest BCUT2D eigenvalue weighted by molar-refractivity contribution is -0.122. The minimum absolute atomic E-state index is 0.0934. The second-order valence-electron chi connectivity index (χ2n) is 3.98. The van der Waals surface area contributed by atoms with Crippen LogP contribution < -0.4 is 16.8 Å². The Morgan fingerprint density at radius 1 is 1.47 bits per heavy atom. The third kappa shape index (κ3) is 5.46. The van der Waals surface area contributed by atoms with E-state index in [0.717, 1.165) is 19.4 Å². The van der Waals surface area contributed by atoms with Crippen LogP contribution in [0, 0.1) is 0 Å². The second kappa shape index (κ2) is 7.81. The number of aryl methyl sites for hydroxylation is 1. The summed E-state index contributed by atoms with van der Waals surface area (Å²) < 4.78 is 1.97. The van der Waals surface area contributed by atoms with E-state index in [0.29, 0.717) is 19.5 Å². The summed E-state index contributed by atoms with van der Waals surface area (Å²) in [4.78, 5) is 15.5. The molecule has 0 radical (unpaired) electrons. The predicted octanol–water partition coefficient (Wildman–Crippen LogP) is -0.544. The van der Waals surface area contributed by atoms with Crippen molar-refractivity contribution in [3.05, 3.63) is 18.7 Å². The van der Waals surface area contributed by atoms with Gasteiger partial charge in [-0.2, -0.15) is 0 Å². The molecule has 96 valence electrons. The molecule has 1 aromatic rings. The lowest BCUT2D eigenvalue weighted by atomic mass is 10.1. The average Bonchev–Trinajstić information content (AvgIpc) is 2.84. The largest absolute Gasteiger partial charge is 0.355 e. The van der Waals surface area contributed by atoms with Gasteiger partial charge in [-0.3, -0.25) is 4.79 Å². The van der Waals surface area contributed by atoms with Crippen LogP contribution in [0.1, 0.15) is 19.3 Å². The van der Waals surface area contributed by atoms with Crippen molar-refractivity contribution < 1.29 is 4.79 Å². The van der Waals surface area contributed by atoms with Crippen molar-refractivity contribution in [3.63, 3.8) is 0 Å². The Bertz CT molecular complexity index is 312. The number of aromatic nitrogens is 2. The van der Waals surface area contributed by atoms with E-state index in [1.807, 2.05) is 10.8 Å². The number of nitrogens with zero attached hydrogens (tertiary/aromatic N) is 2. The number of carbonyl (C=O) groups is 1. The van der Waals surface area contributed by atoms with Gasteiger partial charge in [0, 0.05) is 25.5 Å². The number of nitrogens with one attached hydrogen (secondary N) is 1. The zero-order chi connectivity index (χ0) is 12.5. The van der Waals surface area contributed by atoms with E-state index in [1.54, 1.807) is 12.5 Å². The van der Waals surface area contributed by atoms with E-state index < -0.39 is 6.04 Å². The van der Waals surface area contributed by atoms with Crippen LogP contribution in [0.15, 0.2) is 18.7 Å². The summed E-state index contributed by atoms with van der Waals surface area (Å²) in [5.41, 5.74) is 11.1. The first kappa shape index (κ1) is 13.7. The van der Waals surface area contributed by atoms with Crippen LogP contribution in [-0.4, -0.2) is 34.6 Å². The third-order valence-electron chi connectivity index (χ3n) is 2.51. The molecule has 1 heterocycles. The zero-order valence-corrected chi connectivity index (χ0v) is 10.0. The highest BCUT2D eigenvalue weighted by atomic mass is 16.2. The van der Waals surface area contributed by atoms with Gasteiger partial charge >= 0.3 is 0 Å². The molecular weight excluding hydrogens is 218 g/mol. The second-order valence-corrected chi connectivity index (χ2v) is 3.98. The SMILES string of the molecule is NCCCC(N)C(=O)NCCCn1ccnc1. The van der Waals surface area contributed by atoms with Crippen LogP contribution >= 0.6 is 0 Å². The molecule has 0 fully saturated rings. The third-order valence-corrected chi connectivity index (χ3v) is 2.51. The van der Waals surface area contributed by atoms with E-state index in [-0.39, 0.29) is 5.91 Å². The Morgan fingerprint density at radius 2 is 2.29 bits per heavy atom. The molecular formula is C11H21N5O. The van der Waals surface area contributed by atoms with Gasteiger partial charge in [0.25, 0.3) is 0 Å². The summed E-state index contributed by atoms with van der Waals surface area (Å²) in [6, 6.07) is -0.438. The molecule has 0 saturated carbocycles. The number of imidazole rings is 1. The average molecular weight is 239 g/mol. The maximum atomic E-state index is 11.5. The van der Waals surface area contributed by atoms with Crippen molar-refractivity contribution in [3.8, 4) is 0 Å². The molecule has 6 heteroatoms. The van der Waals surface area contributed by atoms with E-state index in [4.69, 9.17) is 11.5 Å². The molecule has 6 nitrogen and oxygen atoms in total. The zero-order valence-electron chi connectivity index (χ0n) is 10.0. The molecule has 0 aliphatic rings. The Balaban J connectivity index is 2.07. The standard InChI is InChI=1S/C11H21N5O/c12-4-1-3-10(13)11(17)15-5-2-7-16-8-6-14-9-16/h6,8-10H,1-5,7,12-13H2,(H,15,17). The Hall–Kier alpha value is -1.40. The lowest BCUT2D eigenvalue weighted by Crippen LogP contribution is -2.41. The molecule has 1 rings (SSSR count). The van der Waals surface area contributed by atoms with Gasteiger partial charge < -0.3 is 21.4 Å². The van der Waals surface area contributed by atoms with E-state index in [9.17, 15) is 4.79 Å². The van der Waals surface area contributed by atoms with Gasteiger partial charge in [-0.25, -0.2) is 4.98 Å². The first-order chi connectivity index (χ1) is 8.24. The smallest absolute Gasteiger partial charge is 0.236 e. The van der Waals surface area contributed by atoms with Gasteiger partial charge in [0.1, 0.15) is 0 Å². The monoisotopic (exact) mass is 239 g/mol. The van der Waals surface area contributed by atoms with Crippen LogP contribution in [0.5, 0.6) is 0 Å². The van der Waals surface area contributed by atoms with Crippen LogP contribution in [0.4, 0.5) is 0 Å². The normalized spacial score (nSPS) is 12.4. The Morgan fingerprint density at radius 3 is 2.94 bits per heavy atom. The first-order valence-electron chi connectivity index (χ1n) is 5.93. The predicted molar refractivity (Wildman–Crippen MR) is 66.1 cm³/mol. The molecule has 1 aromatic heterocycles. The number of rotatable bonds is 8. The molecule has 5 N–H and O–H groups in total. The highest BCUT2D eigenvalue weighted by Gasteiger charge is 2.11. The maximum absolute atomic E-state index is 11.5. The van der Waals surface area contributed by atoms with E-state index >= 15 is 0 Å². The van der Waals surface area contributed by atoms with Crippen molar-refractivity contribution in [2.75, 3.05) is 13.1 Å². The molecule has 1 atom stereocenters. The fourth-order valence-electron chi connectivity index (χ4n) is 1.49. The van der Waals surface area contributed by atoms with Crippen LogP contribution in [0.25, 0.3) is 0 Å². The van der Waals surface area contributed by atoms with Crippen LogP contribution in [-0.2, 0) is 11.3 Å². The first-order valence-corrected chi connectivity index (χ1v) is 5.93. The number of hydrogen-bond donors (Lipinski definition) is 3. The summed E-state index contributed by atoms with van der Waals surface area (Å²) >= 11 is 0. The van der Waals surface area contributed by atoms with Gasteiger partial charge in [0.05, 0.1) is 12.4 Å². The summed E-state index contributed by atoms with van der Waals surface area (Å²) in [7, 11) is 0. The minimum Gasteiger partial charge on any atom is -0.355 e. The van der Waals surface area contributed by atoms with Gasteiger partial charge in [0.2, 0.25) is 5.91 Å². The summed E-state index contributed by atoms with van der Waals surface area (Å²) in [6.45, 7) is 2.05. The quantitative estimate of drug-likeness (QED) is 0.530. The Labute approximate surface area is 101 Å². The summed E-state index contributed by atoms with van der Waals surface area (Å²) in [5, 5.41) is 2.82. The molecule has 0 aliphatic carbocycles. The molecule has 0 spiro atoms. The maximum Gasteiger partial charge on any atom is 0.236 e. The molecule has 0 bridgehead atoms. The van der Waals surface area contributed by atoms with Gasteiger partial charge in [0.15, 0.2) is 0 Å². The number of amides is 1. The molecule has 0 saturated heterocycles. The van der Waals surface area contributed by atoms with Crippen molar-refractivity contribution in [2.45, 2.75) is 31.8 Å². The van der Waals surface area contributed by atoms with Crippen molar-refractivity contribution in [1.29, 1.82) is 0 Å². The number of carbonyl (C=O) groups excluding carboxylic acids is 1. The topological polar surface area (TPSA) is 99.0 Å². The highest BCUT2D eigenvalue weighted by Crippen LogP contribution is 1.93. The van der Waals surface area contributed by atoms with E-state index in [1.165, 1.54) is 0 Å². The Kier molecular flexibility index (Phi) is 6.27. The van der Waals surface area contributed by atoms with Crippen molar-refractivity contribution >= 4 is 5.91 Å². The number of nitrogens with two attached hydrogens (primary N) is 2. The van der Waals surface area contributed by atoms with Gasteiger partial charge in [-0.1, -0.05) is 0 Å². The minimum atomic E-state index is -0.438. The fourth-order valence-corrected chi connectivity index (χ4v) is 1.49. The lowest BCUT2D eigenvalue weighted by Gasteiger charge is -2.11. The van der Waals surface area contributed by atoms with Crippen molar-refractivity contribution in [2.24, 2.45) is 11.5 Å². The van der Waals surface area contributed by atoms with Gasteiger partial charge in [-0.15, -0.1) is 0 Å². The fraction of sp³-hybridized carbons (Fsp3) is 0.636. The van der Waals surface area contributed by atoms with Crippen LogP contribution in [0.2, 0.25) is 0 Å². The number of hydrogen-bond acceptors (Lipinski definition) is 4.